The second-order valence-electron chi connectivity index (χ2n) is 8.51. The molecular formula is C22H32N8O14. The fourth-order valence-corrected chi connectivity index (χ4v) is 2.69. The largest absolute Gasteiger partial charge is 0.481 e. The van der Waals surface area contributed by atoms with E-state index in [1.807, 2.05) is 10.6 Å². The molecule has 0 bridgehead atoms. The number of hydrogen-bond acceptors (Lipinski definition) is 11. The monoisotopic (exact) mass is 632 g/mol. The summed E-state index contributed by atoms with van der Waals surface area (Å²) >= 11 is 0. The Morgan fingerprint density at radius 2 is 0.773 bits per heavy atom. The molecule has 2 atom stereocenters. The van der Waals surface area contributed by atoms with Crippen LogP contribution in [0.2, 0.25) is 0 Å². The predicted molar refractivity (Wildman–Crippen MR) is 140 cm³/mol. The molecule has 22 heteroatoms. The van der Waals surface area contributed by atoms with Crippen LogP contribution < -0.4 is 42.5 Å². The maximum absolute atomic E-state index is 12.2. The minimum atomic E-state index is -1.91. The average molecular weight is 633 g/mol. The highest BCUT2D eigenvalue weighted by atomic mass is 16.4. The zero-order chi connectivity index (χ0) is 33.8. The molecule has 0 saturated heterocycles. The maximum Gasteiger partial charge on any atom is 0.326 e. The Balaban J connectivity index is 4.46. The van der Waals surface area contributed by atoms with Crippen LogP contribution in [0.5, 0.6) is 0 Å². The molecular weight excluding hydrogens is 600 g/mol. The lowest BCUT2D eigenvalue weighted by Crippen LogP contribution is -2.54. The normalized spacial score (nSPS) is 11.3. The molecule has 0 aliphatic carbocycles. The fourth-order valence-electron chi connectivity index (χ4n) is 2.69. The third-order valence-corrected chi connectivity index (χ3v) is 4.75. The van der Waals surface area contributed by atoms with Crippen LogP contribution >= 0.6 is 0 Å². The van der Waals surface area contributed by atoms with Crippen molar-refractivity contribution in [2.24, 2.45) is 0 Å². The van der Waals surface area contributed by atoms with Crippen molar-refractivity contribution in [1.82, 2.24) is 42.5 Å². The van der Waals surface area contributed by atoms with Gasteiger partial charge in [-0.25, -0.2) is 4.79 Å². The molecule has 0 aliphatic rings. The minimum Gasteiger partial charge on any atom is -0.481 e. The number of hydrogen-bond donors (Lipinski definition) is 11. The number of nitrogens with one attached hydrogen (secondary N) is 8. The van der Waals surface area contributed by atoms with E-state index >= 15 is 0 Å². The van der Waals surface area contributed by atoms with Gasteiger partial charge in [0.1, 0.15) is 12.1 Å². The molecule has 0 aromatic heterocycles. The Morgan fingerprint density at radius 1 is 0.455 bits per heavy atom. The van der Waals surface area contributed by atoms with Crippen molar-refractivity contribution >= 4 is 65.2 Å². The molecule has 8 amide bonds. The van der Waals surface area contributed by atoms with Gasteiger partial charge in [-0.3, -0.25) is 47.9 Å². The van der Waals surface area contributed by atoms with E-state index < -0.39 is 123 Å². The van der Waals surface area contributed by atoms with Crippen molar-refractivity contribution in [3.05, 3.63) is 0 Å². The van der Waals surface area contributed by atoms with E-state index in [1.165, 1.54) is 6.92 Å². The van der Waals surface area contributed by atoms with Crippen LogP contribution in [0.25, 0.3) is 0 Å². The van der Waals surface area contributed by atoms with Crippen LogP contribution in [0.15, 0.2) is 0 Å². The summed E-state index contributed by atoms with van der Waals surface area (Å²) in [6.45, 7) is -2.28. The highest BCUT2D eigenvalue weighted by Gasteiger charge is 2.29. The zero-order valence-electron chi connectivity index (χ0n) is 23.1. The lowest BCUT2D eigenvalue weighted by atomic mass is 10.1. The molecule has 11 N–H and O–H groups in total. The number of amides is 8. The van der Waals surface area contributed by atoms with E-state index in [4.69, 9.17) is 15.3 Å². The number of carboxylic acid groups (broad SMARTS) is 3. The lowest BCUT2D eigenvalue weighted by molar-refractivity contribution is -0.148. The summed E-state index contributed by atoms with van der Waals surface area (Å²) in [7, 11) is 0. The minimum absolute atomic E-state index is 0.344. The van der Waals surface area contributed by atoms with E-state index in [2.05, 4.69) is 26.6 Å². The third-order valence-electron chi connectivity index (χ3n) is 4.75. The number of carboxylic acids is 3. The maximum atomic E-state index is 12.2. The van der Waals surface area contributed by atoms with Crippen LogP contribution in [0.4, 0.5) is 0 Å². The van der Waals surface area contributed by atoms with Crippen LogP contribution in [0.1, 0.15) is 19.8 Å². The topological polar surface area (TPSA) is 345 Å². The Hall–Kier alpha value is -5.83. The van der Waals surface area contributed by atoms with Gasteiger partial charge >= 0.3 is 17.9 Å². The molecule has 22 nitrogen and oxygen atoms in total. The van der Waals surface area contributed by atoms with Crippen molar-refractivity contribution in [3.63, 3.8) is 0 Å². The van der Waals surface area contributed by atoms with Gasteiger partial charge in [0, 0.05) is 6.92 Å². The number of aliphatic carboxylic acids is 3. The SMILES string of the molecule is CC(=O)NCC(=O)NCC(=O)NCC(=O)NCC(=O)NCC(=O)NCC(=O)N[C@@H](CC(=O)O)C(=O)N[C@@H](CC(=O)O)C(=O)O. The van der Waals surface area contributed by atoms with Crippen LogP contribution in [0, 0.1) is 0 Å². The van der Waals surface area contributed by atoms with E-state index in [0.29, 0.717) is 0 Å². The first kappa shape index (κ1) is 38.2. The number of rotatable bonds is 20. The van der Waals surface area contributed by atoms with E-state index in [1.54, 1.807) is 5.32 Å². The molecule has 0 heterocycles. The molecule has 0 rings (SSSR count). The summed E-state index contributed by atoms with van der Waals surface area (Å²) in [6.07, 6.45) is -2.03. The molecule has 0 saturated carbocycles. The second kappa shape index (κ2) is 20.1. The Kier molecular flexibility index (Phi) is 17.4. The van der Waals surface area contributed by atoms with Crippen molar-refractivity contribution < 1.29 is 68.1 Å². The van der Waals surface area contributed by atoms with Crippen LogP contribution in [-0.2, 0) is 52.7 Å². The average Bonchev–Trinajstić information content (AvgIpc) is 2.93. The standard InChI is InChI=1S/C22H32N8O14/c1-10(31)23-4-13(32)24-5-14(33)25-6-15(34)26-7-16(35)27-8-17(36)28-9-18(37)29-11(2-19(38)39)21(42)30-12(22(43)44)3-20(40)41/h11-12H,2-9H2,1H3,(H,23,31)(H,24,32)(H,25,33)(H,26,34)(H,27,35)(H,28,36)(H,29,37)(H,30,42)(H,38,39)(H,40,41)(H,43,44)/t11-,12-/m0/s1. The van der Waals surface area contributed by atoms with Crippen molar-refractivity contribution in [2.75, 3.05) is 39.3 Å². The molecule has 44 heavy (non-hydrogen) atoms. The van der Waals surface area contributed by atoms with Gasteiger partial charge < -0.3 is 57.9 Å². The predicted octanol–water partition coefficient (Wildman–Crippen LogP) is -7.29. The first-order chi connectivity index (χ1) is 20.5. The van der Waals surface area contributed by atoms with Crippen molar-refractivity contribution in [2.45, 2.75) is 31.8 Å². The van der Waals surface area contributed by atoms with Gasteiger partial charge in [-0.1, -0.05) is 0 Å². The van der Waals surface area contributed by atoms with Gasteiger partial charge in [-0.2, -0.15) is 0 Å². The summed E-state index contributed by atoms with van der Waals surface area (Å²) in [5.74, 6) is -11.6. The fraction of sp³-hybridized carbons (Fsp3) is 0.500. The smallest absolute Gasteiger partial charge is 0.326 e. The summed E-state index contributed by atoms with van der Waals surface area (Å²) in [4.78, 5) is 126. The van der Waals surface area contributed by atoms with E-state index in [-0.39, 0.29) is 6.54 Å². The summed E-state index contributed by atoms with van der Waals surface area (Å²) in [6, 6.07) is -3.74. The zero-order valence-corrected chi connectivity index (χ0v) is 23.1. The second-order valence-corrected chi connectivity index (χ2v) is 8.51. The first-order valence-corrected chi connectivity index (χ1v) is 12.3. The van der Waals surface area contributed by atoms with Gasteiger partial charge in [-0.05, 0) is 0 Å². The molecule has 0 aliphatic heterocycles. The highest BCUT2D eigenvalue weighted by molar-refractivity contribution is 5.95. The van der Waals surface area contributed by atoms with Gasteiger partial charge in [0.2, 0.25) is 47.3 Å². The Morgan fingerprint density at radius 3 is 1.09 bits per heavy atom. The quantitative estimate of drug-likeness (QED) is 0.0594. The number of carbonyl (C=O) groups is 11. The number of carbonyl (C=O) groups excluding carboxylic acids is 8. The van der Waals surface area contributed by atoms with Gasteiger partial charge in [0.05, 0.1) is 52.1 Å². The molecule has 0 aromatic carbocycles. The molecule has 244 valence electrons. The molecule has 0 radical (unpaired) electrons. The molecule has 0 fully saturated rings. The summed E-state index contributed by atoms with van der Waals surface area (Å²) < 4.78 is 0. The van der Waals surface area contributed by atoms with E-state index in [9.17, 15) is 52.7 Å². The van der Waals surface area contributed by atoms with Gasteiger partial charge in [0.25, 0.3) is 0 Å². The summed E-state index contributed by atoms with van der Waals surface area (Å²) in [5.41, 5.74) is 0. The Labute approximate surface area is 247 Å². The van der Waals surface area contributed by atoms with Crippen LogP contribution in [-0.4, -0.2) is 132 Å². The van der Waals surface area contributed by atoms with Gasteiger partial charge in [-0.15, -0.1) is 0 Å². The van der Waals surface area contributed by atoms with Crippen molar-refractivity contribution in [3.8, 4) is 0 Å². The van der Waals surface area contributed by atoms with E-state index in [0.717, 1.165) is 0 Å². The lowest BCUT2D eigenvalue weighted by Gasteiger charge is -2.19. The Bertz CT molecular complexity index is 1160. The van der Waals surface area contributed by atoms with Crippen molar-refractivity contribution in [1.29, 1.82) is 0 Å². The summed E-state index contributed by atoms with van der Waals surface area (Å²) in [5, 5.41) is 43.3. The molecule has 0 aromatic rings. The molecule has 0 spiro atoms. The third kappa shape index (κ3) is 19.3. The van der Waals surface area contributed by atoms with Gasteiger partial charge in [0.15, 0.2) is 0 Å². The molecule has 0 unspecified atom stereocenters. The first-order valence-electron chi connectivity index (χ1n) is 12.3. The highest BCUT2D eigenvalue weighted by Crippen LogP contribution is 1.98. The van der Waals surface area contributed by atoms with Crippen LogP contribution in [0.3, 0.4) is 0 Å².